The van der Waals surface area contributed by atoms with Crippen LogP contribution in [0.3, 0.4) is 0 Å². The lowest BCUT2D eigenvalue weighted by molar-refractivity contribution is 0.873. The molecule has 1 N–H and O–H groups in total. The molecule has 1 fully saturated rings. The zero-order valence-electron chi connectivity index (χ0n) is 6.33. The van der Waals surface area contributed by atoms with Crippen molar-refractivity contribution in [2.45, 2.75) is 12.8 Å². The summed E-state index contributed by atoms with van der Waals surface area (Å²) in [5, 5.41) is 3.18. The van der Waals surface area contributed by atoms with E-state index in [1.165, 1.54) is 12.8 Å². The summed E-state index contributed by atoms with van der Waals surface area (Å²) in [6.07, 6.45) is 6.23. The summed E-state index contributed by atoms with van der Waals surface area (Å²) in [5.74, 6) is 1.62. The lowest BCUT2D eigenvalue weighted by Crippen LogP contribution is -2.05. The SMILES string of the molecule is c1cnc(NCC2CC2)nc1. The second kappa shape index (κ2) is 2.86. The third kappa shape index (κ3) is 1.90. The Morgan fingerprint density at radius 2 is 2.09 bits per heavy atom. The van der Waals surface area contributed by atoms with Crippen LogP contribution in [0, 0.1) is 5.92 Å². The molecule has 0 spiro atoms. The van der Waals surface area contributed by atoms with Gasteiger partial charge < -0.3 is 5.32 Å². The fourth-order valence-electron chi connectivity index (χ4n) is 0.948. The monoisotopic (exact) mass is 149 g/mol. The normalized spacial score (nSPS) is 16.4. The first-order valence-electron chi connectivity index (χ1n) is 3.96. The summed E-state index contributed by atoms with van der Waals surface area (Å²) in [6.45, 7) is 1.03. The van der Waals surface area contributed by atoms with E-state index >= 15 is 0 Å². The van der Waals surface area contributed by atoms with Crippen molar-refractivity contribution in [2.24, 2.45) is 5.92 Å². The van der Waals surface area contributed by atoms with Crippen LogP contribution in [0.1, 0.15) is 12.8 Å². The van der Waals surface area contributed by atoms with Gasteiger partial charge in [0.05, 0.1) is 0 Å². The van der Waals surface area contributed by atoms with Crippen molar-refractivity contribution in [3.05, 3.63) is 18.5 Å². The predicted molar refractivity (Wildman–Crippen MR) is 43.2 cm³/mol. The predicted octanol–water partition coefficient (Wildman–Crippen LogP) is 1.30. The highest BCUT2D eigenvalue weighted by Crippen LogP contribution is 2.28. The molecular weight excluding hydrogens is 138 g/mol. The quantitative estimate of drug-likeness (QED) is 0.703. The van der Waals surface area contributed by atoms with Gasteiger partial charge in [0, 0.05) is 18.9 Å². The Kier molecular flexibility index (Phi) is 1.71. The molecule has 0 amide bonds. The van der Waals surface area contributed by atoms with Crippen molar-refractivity contribution in [3.8, 4) is 0 Å². The molecule has 58 valence electrons. The van der Waals surface area contributed by atoms with E-state index in [-0.39, 0.29) is 0 Å². The van der Waals surface area contributed by atoms with Crippen molar-refractivity contribution >= 4 is 5.95 Å². The number of anilines is 1. The Bertz CT molecular complexity index is 218. The van der Waals surface area contributed by atoms with E-state index in [4.69, 9.17) is 0 Å². The molecule has 1 heterocycles. The van der Waals surface area contributed by atoms with Gasteiger partial charge in [-0.05, 0) is 24.8 Å². The van der Waals surface area contributed by atoms with E-state index in [0.29, 0.717) is 0 Å². The second-order valence-electron chi connectivity index (χ2n) is 2.90. The molecule has 3 nitrogen and oxygen atoms in total. The van der Waals surface area contributed by atoms with Crippen molar-refractivity contribution in [1.82, 2.24) is 9.97 Å². The maximum atomic E-state index is 4.06. The third-order valence-corrected chi connectivity index (χ3v) is 1.81. The minimum Gasteiger partial charge on any atom is -0.354 e. The fraction of sp³-hybridized carbons (Fsp3) is 0.500. The molecule has 1 aliphatic rings. The molecule has 1 aromatic heterocycles. The third-order valence-electron chi connectivity index (χ3n) is 1.81. The molecule has 1 aromatic rings. The molecule has 0 aromatic carbocycles. The fourth-order valence-corrected chi connectivity index (χ4v) is 0.948. The highest BCUT2D eigenvalue weighted by Gasteiger charge is 2.20. The molecule has 0 atom stereocenters. The second-order valence-corrected chi connectivity index (χ2v) is 2.90. The van der Waals surface area contributed by atoms with Crippen molar-refractivity contribution in [3.63, 3.8) is 0 Å². The van der Waals surface area contributed by atoms with Crippen LogP contribution >= 0.6 is 0 Å². The molecule has 0 radical (unpaired) electrons. The van der Waals surface area contributed by atoms with Crippen LogP contribution in [-0.2, 0) is 0 Å². The standard InChI is InChI=1S/C8H11N3/c1-4-9-8(10-5-1)11-6-7-2-3-7/h1,4-5,7H,2-3,6H2,(H,9,10,11). The van der Waals surface area contributed by atoms with Gasteiger partial charge in [-0.1, -0.05) is 0 Å². The average Bonchev–Trinajstić information content (AvgIpc) is 2.86. The molecule has 3 heteroatoms. The minimum absolute atomic E-state index is 0.749. The number of hydrogen-bond acceptors (Lipinski definition) is 3. The number of hydrogen-bond donors (Lipinski definition) is 1. The van der Waals surface area contributed by atoms with Crippen LogP contribution in [0.4, 0.5) is 5.95 Å². The summed E-state index contributed by atoms with van der Waals surface area (Å²) in [7, 11) is 0. The lowest BCUT2D eigenvalue weighted by atomic mass is 10.4. The van der Waals surface area contributed by atoms with Gasteiger partial charge in [0.25, 0.3) is 0 Å². The minimum atomic E-state index is 0.749. The molecule has 0 saturated heterocycles. The van der Waals surface area contributed by atoms with E-state index in [2.05, 4.69) is 15.3 Å². The summed E-state index contributed by atoms with van der Waals surface area (Å²) < 4.78 is 0. The highest BCUT2D eigenvalue weighted by molar-refractivity contribution is 5.22. The van der Waals surface area contributed by atoms with Gasteiger partial charge in [-0.15, -0.1) is 0 Å². The van der Waals surface area contributed by atoms with Gasteiger partial charge in [0.2, 0.25) is 5.95 Å². The smallest absolute Gasteiger partial charge is 0.222 e. The van der Waals surface area contributed by atoms with Crippen molar-refractivity contribution in [2.75, 3.05) is 11.9 Å². The first-order valence-corrected chi connectivity index (χ1v) is 3.96. The Morgan fingerprint density at radius 1 is 1.36 bits per heavy atom. The van der Waals surface area contributed by atoms with Gasteiger partial charge in [-0.3, -0.25) is 0 Å². The highest BCUT2D eigenvalue weighted by atomic mass is 15.1. The molecule has 11 heavy (non-hydrogen) atoms. The van der Waals surface area contributed by atoms with E-state index in [0.717, 1.165) is 18.4 Å². The van der Waals surface area contributed by atoms with Gasteiger partial charge in [0.15, 0.2) is 0 Å². The van der Waals surface area contributed by atoms with Gasteiger partial charge in [-0.25, -0.2) is 9.97 Å². The molecule has 1 aliphatic carbocycles. The summed E-state index contributed by atoms with van der Waals surface area (Å²) >= 11 is 0. The summed E-state index contributed by atoms with van der Waals surface area (Å²) in [4.78, 5) is 8.11. The lowest BCUT2D eigenvalue weighted by Gasteiger charge is -2.00. The molecular formula is C8H11N3. The van der Waals surface area contributed by atoms with E-state index in [1.54, 1.807) is 12.4 Å². The van der Waals surface area contributed by atoms with Crippen LogP contribution in [0.25, 0.3) is 0 Å². The molecule has 1 saturated carbocycles. The molecule has 0 bridgehead atoms. The molecule has 0 aliphatic heterocycles. The summed E-state index contributed by atoms with van der Waals surface area (Å²) in [6, 6.07) is 1.82. The first-order chi connectivity index (χ1) is 5.45. The first kappa shape index (κ1) is 6.58. The number of aromatic nitrogens is 2. The zero-order chi connectivity index (χ0) is 7.52. The van der Waals surface area contributed by atoms with Gasteiger partial charge >= 0.3 is 0 Å². The molecule has 2 rings (SSSR count). The van der Waals surface area contributed by atoms with E-state index in [1.807, 2.05) is 6.07 Å². The molecule has 0 unspecified atom stereocenters. The average molecular weight is 149 g/mol. The largest absolute Gasteiger partial charge is 0.354 e. The van der Waals surface area contributed by atoms with Crippen LogP contribution in [-0.4, -0.2) is 16.5 Å². The summed E-state index contributed by atoms with van der Waals surface area (Å²) in [5.41, 5.74) is 0. The van der Waals surface area contributed by atoms with E-state index < -0.39 is 0 Å². The van der Waals surface area contributed by atoms with Crippen LogP contribution in [0.2, 0.25) is 0 Å². The Morgan fingerprint density at radius 3 is 2.73 bits per heavy atom. The number of nitrogens with zero attached hydrogens (tertiary/aromatic N) is 2. The van der Waals surface area contributed by atoms with Gasteiger partial charge in [0.1, 0.15) is 0 Å². The zero-order valence-corrected chi connectivity index (χ0v) is 6.33. The van der Waals surface area contributed by atoms with E-state index in [9.17, 15) is 0 Å². The van der Waals surface area contributed by atoms with Crippen molar-refractivity contribution < 1.29 is 0 Å². The topological polar surface area (TPSA) is 37.8 Å². The Hall–Kier alpha value is -1.12. The van der Waals surface area contributed by atoms with Crippen LogP contribution in [0.15, 0.2) is 18.5 Å². The Labute approximate surface area is 65.9 Å². The van der Waals surface area contributed by atoms with Gasteiger partial charge in [-0.2, -0.15) is 0 Å². The van der Waals surface area contributed by atoms with Crippen molar-refractivity contribution in [1.29, 1.82) is 0 Å². The van der Waals surface area contributed by atoms with Crippen LogP contribution in [0.5, 0.6) is 0 Å². The maximum absolute atomic E-state index is 4.06. The Balaban J connectivity index is 1.85. The van der Waals surface area contributed by atoms with Crippen LogP contribution < -0.4 is 5.32 Å². The number of rotatable bonds is 3. The maximum Gasteiger partial charge on any atom is 0.222 e. The number of nitrogens with one attached hydrogen (secondary N) is 1.